The van der Waals surface area contributed by atoms with Crippen molar-refractivity contribution in [3.8, 4) is 0 Å². The molecule has 92 valence electrons. The second-order valence-electron chi connectivity index (χ2n) is 4.54. The summed E-state index contributed by atoms with van der Waals surface area (Å²) in [4.78, 5) is 24.7. The molecule has 0 saturated carbocycles. The zero-order chi connectivity index (χ0) is 12.3. The van der Waals surface area contributed by atoms with Gasteiger partial charge < -0.3 is 15.7 Å². The first-order chi connectivity index (χ1) is 7.43. The van der Waals surface area contributed by atoms with Gasteiger partial charge in [0.15, 0.2) is 0 Å². The van der Waals surface area contributed by atoms with Crippen molar-refractivity contribution in [2.75, 3.05) is 6.54 Å². The summed E-state index contributed by atoms with van der Waals surface area (Å²) in [5.74, 6) is -1.18. The number of hydrogen-bond donors (Lipinski definition) is 2. The molecule has 1 heterocycles. The van der Waals surface area contributed by atoms with E-state index < -0.39 is 17.6 Å². The quantitative estimate of drug-likeness (QED) is 0.740. The molecule has 1 unspecified atom stereocenters. The molecular weight excluding hydrogens is 208 g/mol. The average Bonchev–Trinajstić information content (AvgIpc) is 2.27. The molecule has 0 aromatic heterocycles. The van der Waals surface area contributed by atoms with E-state index >= 15 is 0 Å². The Morgan fingerprint density at radius 1 is 1.50 bits per heavy atom. The summed E-state index contributed by atoms with van der Waals surface area (Å²) < 4.78 is 0. The average molecular weight is 228 g/mol. The maximum Gasteiger partial charge on any atom is 0.329 e. The number of carboxylic acids is 1. The van der Waals surface area contributed by atoms with E-state index in [4.69, 9.17) is 5.73 Å². The van der Waals surface area contributed by atoms with Gasteiger partial charge in [0.25, 0.3) is 0 Å². The first kappa shape index (κ1) is 13.0. The zero-order valence-corrected chi connectivity index (χ0v) is 9.90. The van der Waals surface area contributed by atoms with Crippen LogP contribution in [0, 0.1) is 0 Å². The molecule has 1 rings (SSSR count). The van der Waals surface area contributed by atoms with E-state index in [1.54, 1.807) is 6.92 Å². The van der Waals surface area contributed by atoms with Gasteiger partial charge >= 0.3 is 5.97 Å². The molecule has 2 atom stereocenters. The van der Waals surface area contributed by atoms with Crippen molar-refractivity contribution in [2.45, 2.75) is 51.1 Å². The number of carbonyl (C=O) groups excluding carboxylic acids is 1. The molecule has 1 aliphatic rings. The van der Waals surface area contributed by atoms with E-state index in [0.29, 0.717) is 19.4 Å². The molecule has 1 amide bonds. The molecule has 1 aliphatic heterocycles. The van der Waals surface area contributed by atoms with Crippen LogP contribution in [-0.4, -0.2) is 40.0 Å². The van der Waals surface area contributed by atoms with E-state index in [2.05, 4.69) is 0 Å². The van der Waals surface area contributed by atoms with Crippen LogP contribution in [0.25, 0.3) is 0 Å². The number of likely N-dealkylation sites (tertiary alicyclic amines) is 1. The van der Waals surface area contributed by atoms with Gasteiger partial charge in [0.2, 0.25) is 5.91 Å². The Bertz CT molecular complexity index is 293. The third-order valence-corrected chi connectivity index (χ3v) is 3.37. The summed E-state index contributed by atoms with van der Waals surface area (Å²) in [5.41, 5.74) is 4.60. The van der Waals surface area contributed by atoms with Crippen molar-refractivity contribution in [3.63, 3.8) is 0 Å². The highest BCUT2D eigenvalue weighted by molar-refractivity contribution is 5.89. The van der Waals surface area contributed by atoms with Crippen LogP contribution in [0.5, 0.6) is 0 Å². The van der Waals surface area contributed by atoms with Gasteiger partial charge in [-0.25, -0.2) is 4.79 Å². The largest absolute Gasteiger partial charge is 0.480 e. The molecule has 0 spiro atoms. The van der Waals surface area contributed by atoms with Gasteiger partial charge in [-0.3, -0.25) is 4.79 Å². The summed E-state index contributed by atoms with van der Waals surface area (Å²) >= 11 is 0. The molecule has 3 N–H and O–H groups in total. The third-order valence-electron chi connectivity index (χ3n) is 3.37. The second kappa shape index (κ2) is 4.82. The Labute approximate surface area is 95.6 Å². The Morgan fingerprint density at radius 2 is 2.12 bits per heavy atom. The lowest BCUT2D eigenvalue weighted by atomic mass is 9.87. The van der Waals surface area contributed by atoms with Crippen LogP contribution >= 0.6 is 0 Å². The Morgan fingerprint density at radius 3 is 2.62 bits per heavy atom. The molecule has 0 aliphatic carbocycles. The number of rotatable bonds is 3. The topological polar surface area (TPSA) is 83.6 Å². The van der Waals surface area contributed by atoms with E-state index in [9.17, 15) is 14.7 Å². The minimum atomic E-state index is -1.08. The van der Waals surface area contributed by atoms with Gasteiger partial charge in [-0.15, -0.1) is 0 Å². The summed E-state index contributed by atoms with van der Waals surface area (Å²) in [6.45, 7) is 3.93. The summed E-state index contributed by atoms with van der Waals surface area (Å²) in [6, 6.07) is -0.586. The van der Waals surface area contributed by atoms with Crippen LogP contribution in [0.1, 0.15) is 39.5 Å². The number of aliphatic carboxylic acids is 1. The van der Waals surface area contributed by atoms with Gasteiger partial charge in [0.05, 0.1) is 6.04 Å². The lowest BCUT2D eigenvalue weighted by Crippen LogP contribution is -2.60. The molecule has 5 heteroatoms. The SMILES string of the molecule is CC[C@H](N)C(=O)N1CCCCC1(C)C(=O)O. The predicted octanol–water partition coefficient (Wildman–Crippen LogP) is 0.579. The van der Waals surface area contributed by atoms with E-state index in [-0.39, 0.29) is 5.91 Å². The van der Waals surface area contributed by atoms with Gasteiger partial charge in [0.1, 0.15) is 5.54 Å². The lowest BCUT2D eigenvalue weighted by Gasteiger charge is -2.42. The second-order valence-corrected chi connectivity index (χ2v) is 4.54. The fraction of sp³-hybridized carbons (Fsp3) is 0.818. The van der Waals surface area contributed by atoms with Crippen LogP contribution in [0.4, 0.5) is 0 Å². The monoisotopic (exact) mass is 228 g/mol. The van der Waals surface area contributed by atoms with Gasteiger partial charge in [-0.05, 0) is 32.6 Å². The van der Waals surface area contributed by atoms with Crippen molar-refractivity contribution in [1.82, 2.24) is 4.90 Å². The number of carbonyl (C=O) groups is 2. The van der Waals surface area contributed by atoms with Crippen molar-refractivity contribution < 1.29 is 14.7 Å². The Kier molecular flexibility index (Phi) is 3.91. The van der Waals surface area contributed by atoms with E-state index in [1.807, 2.05) is 6.92 Å². The van der Waals surface area contributed by atoms with Gasteiger partial charge in [-0.2, -0.15) is 0 Å². The minimum Gasteiger partial charge on any atom is -0.480 e. The first-order valence-corrected chi connectivity index (χ1v) is 5.74. The van der Waals surface area contributed by atoms with E-state index in [1.165, 1.54) is 4.90 Å². The molecule has 1 fully saturated rings. The Hall–Kier alpha value is -1.10. The van der Waals surface area contributed by atoms with Crippen molar-refractivity contribution in [1.29, 1.82) is 0 Å². The van der Waals surface area contributed by atoms with Crippen molar-refractivity contribution in [2.24, 2.45) is 5.73 Å². The molecular formula is C11H20N2O3. The van der Waals surface area contributed by atoms with Crippen LogP contribution in [-0.2, 0) is 9.59 Å². The first-order valence-electron chi connectivity index (χ1n) is 5.74. The maximum atomic E-state index is 12.0. The number of nitrogens with two attached hydrogens (primary N) is 1. The zero-order valence-electron chi connectivity index (χ0n) is 9.90. The summed E-state index contributed by atoms with van der Waals surface area (Å²) in [5, 5.41) is 9.24. The van der Waals surface area contributed by atoms with Crippen molar-refractivity contribution >= 4 is 11.9 Å². The van der Waals surface area contributed by atoms with Crippen molar-refractivity contribution in [3.05, 3.63) is 0 Å². The van der Waals surface area contributed by atoms with Gasteiger partial charge in [0, 0.05) is 6.54 Å². The maximum absolute atomic E-state index is 12.0. The highest BCUT2D eigenvalue weighted by Gasteiger charge is 2.44. The number of nitrogens with zero attached hydrogens (tertiary/aromatic N) is 1. The summed E-state index contributed by atoms with van der Waals surface area (Å²) in [7, 11) is 0. The molecule has 0 radical (unpaired) electrons. The predicted molar refractivity (Wildman–Crippen MR) is 59.9 cm³/mol. The van der Waals surface area contributed by atoms with E-state index in [0.717, 1.165) is 12.8 Å². The van der Waals surface area contributed by atoms with Crippen LogP contribution in [0.15, 0.2) is 0 Å². The fourth-order valence-corrected chi connectivity index (χ4v) is 2.07. The standard InChI is InChI=1S/C11H20N2O3/c1-3-8(12)9(14)13-7-5-4-6-11(13,2)10(15)16/h8H,3-7,12H2,1-2H3,(H,15,16)/t8-,11?/m0/s1. The molecule has 0 aromatic rings. The van der Waals surface area contributed by atoms with Crippen LogP contribution < -0.4 is 5.73 Å². The number of piperidine rings is 1. The molecule has 5 nitrogen and oxygen atoms in total. The normalized spacial score (nSPS) is 27.6. The lowest BCUT2D eigenvalue weighted by molar-refractivity contribution is -0.161. The molecule has 16 heavy (non-hydrogen) atoms. The summed E-state index contributed by atoms with van der Waals surface area (Å²) in [6.07, 6.45) is 2.73. The smallest absolute Gasteiger partial charge is 0.329 e. The Balaban J connectivity index is 2.90. The number of hydrogen-bond acceptors (Lipinski definition) is 3. The minimum absolute atomic E-state index is 0.243. The molecule has 0 bridgehead atoms. The number of amides is 1. The molecule has 1 saturated heterocycles. The van der Waals surface area contributed by atoms with Gasteiger partial charge in [-0.1, -0.05) is 6.92 Å². The van der Waals surface area contributed by atoms with Crippen LogP contribution in [0.3, 0.4) is 0 Å². The van der Waals surface area contributed by atoms with Crippen LogP contribution in [0.2, 0.25) is 0 Å². The molecule has 0 aromatic carbocycles. The fourth-order valence-electron chi connectivity index (χ4n) is 2.07. The number of carboxylic acid groups (broad SMARTS) is 1. The highest BCUT2D eigenvalue weighted by Crippen LogP contribution is 2.28. The third kappa shape index (κ3) is 2.19. The highest BCUT2D eigenvalue weighted by atomic mass is 16.4.